The second-order valence-corrected chi connectivity index (χ2v) is 7.69. The molecule has 0 unspecified atom stereocenters. The van der Waals surface area contributed by atoms with Crippen LogP contribution in [0.2, 0.25) is 0 Å². The molecule has 3 heterocycles. The van der Waals surface area contributed by atoms with Gasteiger partial charge in [0.25, 0.3) is 11.5 Å². The van der Waals surface area contributed by atoms with Gasteiger partial charge in [-0.25, -0.2) is 14.8 Å². The summed E-state index contributed by atoms with van der Waals surface area (Å²) in [4.78, 5) is 50.7. The van der Waals surface area contributed by atoms with Gasteiger partial charge in [0.1, 0.15) is 5.52 Å². The second-order valence-electron chi connectivity index (χ2n) is 7.69. The Morgan fingerprint density at radius 3 is 2.48 bits per heavy atom. The number of ether oxygens (including phenoxy) is 1. The fourth-order valence-electron chi connectivity index (χ4n) is 3.78. The smallest absolute Gasteiger partial charge is 0.321 e. The first-order valence-corrected chi connectivity index (χ1v) is 10.8. The Bertz CT molecular complexity index is 1190. The first-order chi connectivity index (χ1) is 16.1. The Kier molecular flexibility index (Phi) is 6.94. The van der Waals surface area contributed by atoms with Crippen molar-refractivity contribution in [3.63, 3.8) is 0 Å². The summed E-state index contributed by atoms with van der Waals surface area (Å²) in [6, 6.07) is 12.4. The van der Waals surface area contributed by atoms with Crippen LogP contribution in [0.25, 0.3) is 11.2 Å². The van der Waals surface area contributed by atoms with Crippen LogP contribution in [0.15, 0.2) is 53.5 Å². The number of methoxy groups -OCH3 is 1. The Labute approximate surface area is 190 Å². The number of aryl methyl sites for hydroxylation is 1. The van der Waals surface area contributed by atoms with Crippen molar-refractivity contribution in [1.29, 1.82) is 0 Å². The highest BCUT2D eigenvalue weighted by molar-refractivity contribution is 5.94. The standard InChI is InChI=1S/C23H26N6O4/c1-33-16-6-11-29-20-18(9-5-10-24-20)26-19(22(29)31)21(30)27-12-14-28(15-13-27)23(32)25-17-7-3-2-4-8-17/h2-5,7-10H,6,11-16H2,1H3,(H,25,32). The van der Waals surface area contributed by atoms with Gasteiger partial charge in [0.15, 0.2) is 11.3 Å². The number of piperazine rings is 1. The molecule has 10 heteroatoms. The lowest BCUT2D eigenvalue weighted by Crippen LogP contribution is -2.52. The first kappa shape index (κ1) is 22.4. The molecule has 3 amide bonds. The number of nitrogens with one attached hydrogen (secondary N) is 1. The average Bonchev–Trinajstić information content (AvgIpc) is 2.85. The quantitative estimate of drug-likeness (QED) is 0.574. The predicted octanol–water partition coefficient (Wildman–Crippen LogP) is 1.82. The summed E-state index contributed by atoms with van der Waals surface area (Å²) < 4.78 is 6.58. The topological polar surface area (TPSA) is 110 Å². The Morgan fingerprint density at radius 1 is 1.03 bits per heavy atom. The van der Waals surface area contributed by atoms with E-state index in [-0.39, 0.29) is 11.7 Å². The molecule has 1 aromatic carbocycles. The van der Waals surface area contributed by atoms with Crippen molar-refractivity contribution in [2.75, 3.05) is 45.2 Å². The number of fused-ring (bicyclic) bond motifs is 1. The zero-order valence-electron chi connectivity index (χ0n) is 18.4. The van der Waals surface area contributed by atoms with E-state index < -0.39 is 11.5 Å². The van der Waals surface area contributed by atoms with Crippen LogP contribution >= 0.6 is 0 Å². The molecule has 1 fully saturated rings. The van der Waals surface area contributed by atoms with E-state index in [0.29, 0.717) is 62.6 Å². The van der Waals surface area contributed by atoms with Crippen molar-refractivity contribution in [3.05, 3.63) is 64.7 Å². The lowest BCUT2D eigenvalue weighted by Gasteiger charge is -2.34. The molecule has 0 aliphatic carbocycles. The average molecular weight is 450 g/mol. The van der Waals surface area contributed by atoms with E-state index in [9.17, 15) is 14.4 Å². The van der Waals surface area contributed by atoms with E-state index in [1.807, 2.05) is 30.3 Å². The van der Waals surface area contributed by atoms with Crippen molar-refractivity contribution in [2.45, 2.75) is 13.0 Å². The maximum atomic E-state index is 13.2. The van der Waals surface area contributed by atoms with E-state index in [0.717, 1.165) is 0 Å². The number of aromatic nitrogens is 3. The fourth-order valence-corrected chi connectivity index (χ4v) is 3.78. The predicted molar refractivity (Wildman–Crippen MR) is 123 cm³/mol. The second kappa shape index (κ2) is 10.2. The molecular weight excluding hydrogens is 424 g/mol. The Morgan fingerprint density at radius 2 is 1.76 bits per heavy atom. The number of amides is 3. The molecule has 0 bridgehead atoms. The summed E-state index contributed by atoms with van der Waals surface area (Å²) in [7, 11) is 1.60. The number of benzene rings is 1. The summed E-state index contributed by atoms with van der Waals surface area (Å²) in [6.45, 7) is 2.22. The molecule has 33 heavy (non-hydrogen) atoms. The highest BCUT2D eigenvalue weighted by Crippen LogP contribution is 2.12. The molecule has 0 atom stereocenters. The molecule has 0 radical (unpaired) electrons. The van der Waals surface area contributed by atoms with Crippen LogP contribution < -0.4 is 10.9 Å². The van der Waals surface area contributed by atoms with Gasteiger partial charge >= 0.3 is 6.03 Å². The summed E-state index contributed by atoms with van der Waals surface area (Å²) >= 11 is 0. The highest BCUT2D eigenvalue weighted by atomic mass is 16.5. The van der Waals surface area contributed by atoms with Gasteiger partial charge < -0.3 is 19.9 Å². The van der Waals surface area contributed by atoms with Crippen LogP contribution in [0.3, 0.4) is 0 Å². The number of pyridine rings is 1. The number of carbonyl (C=O) groups is 2. The van der Waals surface area contributed by atoms with Gasteiger partial charge in [-0.1, -0.05) is 18.2 Å². The van der Waals surface area contributed by atoms with Crippen molar-refractivity contribution in [1.82, 2.24) is 24.3 Å². The van der Waals surface area contributed by atoms with Crippen LogP contribution in [-0.4, -0.2) is 76.2 Å². The van der Waals surface area contributed by atoms with Crippen LogP contribution in [0.5, 0.6) is 0 Å². The maximum Gasteiger partial charge on any atom is 0.321 e. The van der Waals surface area contributed by atoms with Gasteiger partial charge in [-0.2, -0.15) is 0 Å². The highest BCUT2D eigenvalue weighted by Gasteiger charge is 2.28. The van der Waals surface area contributed by atoms with Crippen LogP contribution in [-0.2, 0) is 11.3 Å². The molecule has 10 nitrogen and oxygen atoms in total. The molecule has 0 saturated carbocycles. The van der Waals surface area contributed by atoms with E-state index in [4.69, 9.17) is 4.74 Å². The monoisotopic (exact) mass is 450 g/mol. The summed E-state index contributed by atoms with van der Waals surface area (Å²) in [5, 5.41) is 2.85. The number of nitrogens with zero attached hydrogens (tertiary/aromatic N) is 5. The molecule has 3 aromatic rings. The number of anilines is 1. The van der Waals surface area contributed by atoms with Crippen molar-refractivity contribution < 1.29 is 14.3 Å². The maximum absolute atomic E-state index is 13.2. The van der Waals surface area contributed by atoms with Crippen molar-refractivity contribution in [2.24, 2.45) is 0 Å². The number of rotatable bonds is 6. The lowest BCUT2D eigenvalue weighted by atomic mass is 10.2. The summed E-state index contributed by atoms with van der Waals surface area (Å²) in [5.41, 5.74) is 1.04. The van der Waals surface area contributed by atoms with Gasteiger partial charge in [0.2, 0.25) is 0 Å². The third kappa shape index (κ3) is 5.01. The third-order valence-corrected chi connectivity index (χ3v) is 5.51. The Hall–Kier alpha value is -3.79. The summed E-state index contributed by atoms with van der Waals surface area (Å²) in [6.07, 6.45) is 2.20. The molecule has 1 saturated heterocycles. The SMILES string of the molecule is COCCCn1c(=O)c(C(=O)N2CCN(C(=O)Nc3ccccc3)CC2)nc2cccnc21. The van der Waals surface area contributed by atoms with E-state index in [1.54, 1.807) is 35.2 Å². The van der Waals surface area contributed by atoms with Crippen LogP contribution in [0.1, 0.15) is 16.9 Å². The largest absolute Gasteiger partial charge is 0.385 e. The zero-order chi connectivity index (χ0) is 23.2. The number of para-hydroxylation sites is 1. The van der Waals surface area contributed by atoms with Gasteiger partial charge in [-0.15, -0.1) is 0 Å². The first-order valence-electron chi connectivity index (χ1n) is 10.8. The molecule has 0 spiro atoms. The van der Waals surface area contributed by atoms with E-state index in [1.165, 1.54) is 4.57 Å². The van der Waals surface area contributed by atoms with Crippen molar-refractivity contribution >= 4 is 28.8 Å². The molecule has 1 aliphatic heterocycles. The number of hydrogen-bond donors (Lipinski definition) is 1. The number of hydrogen-bond acceptors (Lipinski definition) is 6. The molecular formula is C23H26N6O4. The van der Waals surface area contributed by atoms with Crippen LogP contribution in [0.4, 0.5) is 10.5 Å². The molecule has 4 rings (SSSR count). The minimum atomic E-state index is -0.466. The van der Waals surface area contributed by atoms with Gasteiger partial charge in [0, 0.05) is 58.3 Å². The van der Waals surface area contributed by atoms with Gasteiger partial charge in [0.05, 0.1) is 0 Å². The van der Waals surface area contributed by atoms with Gasteiger partial charge in [-0.3, -0.25) is 14.2 Å². The van der Waals surface area contributed by atoms with E-state index >= 15 is 0 Å². The molecule has 1 N–H and O–H groups in total. The van der Waals surface area contributed by atoms with E-state index in [2.05, 4.69) is 15.3 Å². The minimum absolute atomic E-state index is 0.130. The third-order valence-electron chi connectivity index (χ3n) is 5.51. The summed E-state index contributed by atoms with van der Waals surface area (Å²) in [5.74, 6) is -0.436. The molecule has 172 valence electrons. The zero-order valence-corrected chi connectivity index (χ0v) is 18.4. The number of carbonyl (C=O) groups excluding carboxylic acids is 2. The lowest BCUT2D eigenvalue weighted by molar-refractivity contribution is 0.0663. The van der Waals surface area contributed by atoms with Crippen molar-refractivity contribution in [3.8, 4) is 0 Å². The van der Waals surface area contributed by atoms with Gasteiger partial charge in [-0.05, 0) is 30.7 Å². The number of urea groups is 1. The molecule has 2 aromatic heterocycles. The fraction of sp³-hybridized carbons (Fsp3) is 0.348. The molecule has 1 aliphatic rings. The van der Waals surface area contributed by atoms with Crippen LogP contribution in [0, 0.1) is 0 Å². The minimum Gasteiger partial charge on any atom is -0.385 e. The Balaban J connectivity index is 1.48. The normalized spacial score (nSPS) is 13.8.